The van der Waals surface area contributed by atoms with Crippen LogP contribution in [0.2, 0.25) is 0 Å². The molecule has 186 valence electrons. The highest BCUT2D eigenvalue weighted by Crippen LogP contribution is 2.32. The molecule has 14 heteroatoms. The van der Waals surface area contributed by atoms with Crippen LogP contribution < -0.4 is 11.1 Å². The van der Waals surface area contributed by atoms with E-state index in [0.29, 0.717) is 16.1 Å². The Hall–Kier alpha value is -4.62. The van der Waals surface area contributed by atoms with Gasteiger partial charge in [-0.3, -0.25) is 9.69 Å². The molecule has 2 amide bonds. The van der Waals surface area contributed by atoms with E-state index in [1.165, 1.54) is 12.5 Å². The van der Waals surface area contributed by atoms with Crippen molar-refractivity contribution < 1.29 is 27.9 Å². The van der Waals surface area contributed by atoms with Gasteiger partial charge < -0.3 is 25.0 Å². The molecule has 1 saturated heterocycles. The van der Waals surface area contributed by atoms with Gasteiger partial charge in [0.15, 0.2) is 17.2 Å². The van der Waals surface area contributed by atoms with E-state index >= 15 is 0 Å². The molecule has 0 saturated carbocycles. The Morgan fingerprint density at radius 2 is 2.08 bits per heavy atom. The molecule has 1 atom stereocenters. The first-order valence-electron chi connectivity index (χ1n) is 10.8. The number of hydrogen-bond acceptors (Lipinski definition) is 8. The van der Waals surface area contributed by atoms with Crippen molar-refractivity contribution in [1.29, 1.82) is 0 Å². The highest BCUT2D eigenvalue weighted by molar-refractivity contribution is 5.97. The van der Waals surface area contributed by atoms with E-state index in [1.807, 2.05) is 11.3 Å². The monoisotopic (exact) mass is 498 g/mol. The van der Waals surface area contributed by atoms with Crippen LogP contribution in [0, 0.1) is 6.92 Å². The molecule has 4 aromatic heterocycles. The number of nitrogens with two attached hydrogens (primary N) is 1. The number of amides is 2. The smallest absolute Gasteiger partial charge is 0.407 e. The number of alkyl halides is 2. The molecule has 0 spiro atoms. The highest BCUT2D eigenvalue weighted by atomic mass is 19.3. The number of nitrogen functional groups attached to an aromatic ring is 1. The Morgan fingerprint density at radius 3 is 2.81 bits per heavy atom. The zero-order valence-corrected chi connectivity index (χ0v) is 18.9. The van der Waals surface area contributed by atoms with Crippen LogP contribution in [-0.2, 0) is 0 Å². The summed E-state index contributed by atoms with van der Waals surface area (Å²) in [5.74, 6) is -4.08. The molecule has 1 aliphatic rings. The Morgan fingerprint density at radius 1 is 1.28 bits per heavy atom. The number of aryl methyl sites for hydroxylation is 1. The Bertz CT molecular complexity index is 1470. The Labute approximate surface area is 201 Å². The predicted molar refractivity (Wildman–Crippen MR) is 121 cm³/mol. The van der Waals surface area contributed by atoms with Gasteiger partial charge in [0.2, 0.25) is 5.89 Å². The summed E-state index contributed by atoms with van der Waals surface area (Å²) in [5.41, 5.74) is 8.34. The zero-order valence-electron chi connectivity index (χ0n) is 18.9. The lowest BCUT2D eigenvalue weighted by Crippen LogP contribution is -2.43. The molecule has 1 fully saturated rings. The SMILES string of the molecule is Cc1cnc2ccc(-c3nc(C(=O)NC[C@H]4CC(F)(F)CN4C(=O)O)c(N)nc3-c3ncco3)cn12. The van der Waals surface area contributed by atoms with Gasteiger partial charge >= 0.3 is 6.09 Å². The molecule has 4 aromatic rings. The van der Waals surface area contributed by atoms with Gasteiger partial charge in [-0.2, -0.15) is 0 Å². The molecule has 5 heterocycles. The van der Waals surface area contributed by atoms with E-state index in [2.05, 4.69) is 25.3 Å². The summed E-state index contributed by atoms with van der Waals surface area (Å²) in [4.78, 5) is 42.0. The lowest BCUT2D eigenvalue weighted by Gasteiger charge is -2.20. The van der Waals surface area contributed by atoms with Crippen LogP contribution in [0.25, 0.3) is 28.5 Å². The molecule has 5 rings (SSSR count). The van der Waals surface area contributed by atoms with Crippen molar-refractivity contribution in [2.75, 3.05) is 18.8 Å². The maximum atomic E-state index is 13.8. The molecule has 12 nitrogen and oxygen atoms in total. The molecule has 1 aliphatic heterocycles. The summed E-state index contributed by atoms with van der Waals surface area (Å²) in [5, 5.41) is 11.7. The second kappa shape index (κ2) is 8.55. The third-order valence-electron chi connectivity index (χ3n) is 5.86. The summed E-state index contributed by atoms with van der Waals surface area (Å²) in [6.07, 6.45) is 4.04. The van der Waals surface area contributed by atoms with Crippen molar-refractivity contribution in [3.8, 4) is 22.8 Å². The van der Waals surface area contributed by atoms with E-state index in [-0.39, 0.29) is 35.3 Å². The number of aromatic nitrogens is 5. The van der Waals surface area contributed by atoms with Gasteiger partial charge in [-0.1, -0.05) is 0 Å². The minimum atomic E-state index is -3.18. The average Bonchev–Trinajstić information content (AvgIpc) is 3.56. The van der Waals surface area contributed by atoms with E-state index in [9.17, 15) is 23.5 Å². The van der Waals surface area contributed by atoms with E-state index < -0.39 is 36.9 Å². The number of likely N-dealkylation sites (tertiary alicyclic amines) is 1. The van der Waals surface area contributed by atoms with Gasteiger partial charge in [0.1, 0.15) is 17.6 Å². The summed E-state index contributed by atoms with van der Waals surface area (Å²) in [6, 6.07) is 2.40. The predicted octanol–water partition coefficient (Wildman–Crippen LogP) is 2.45. The number of nitrogens with zero attached hydrogens (tertiary/aromatic N) is 6. The number of carbonyl (C=O) groups is 2. The first-order chi connectivity index (χ1) is 17.1. The van der Waals surface area contributed by atoms with Crippen molar-refractivity contribution in [2.45, 2.75) is 25.3 Å². The number of oxazole rings is 1. The van der Waals surface area contributed by atoms with Crippen LogP contribution >= 0.6 is 0 Å². The fourth-order valence-electron chi connectivity index (χ4n) is 4.15. The normalized spacial score (nSPS) is 17.0. The van der Waals surface area contributed by atoms with Gasteiger partial charge in [0.25, 0.3) is 11.8 Å². The fraction of sp³-hybridized carbons (Fsp3) is 0.273. The number of rotatable bonds is 5. The number of anilines is 1. The summed E-state index contributed by atoms with van der Waals surface area (Å²) in [7, 11) is 0. The zero-order chi connectivity index (χ0) is 25.6. The average molecular weight is 498 g/mol. The second-order valence-corrected chi connectivity index (χ2v) is 8.37. The molecule has 0 unspecified atom stereocenters. The van der Waals surface area contributed by atoms with Gasteiger partial charge in [0, 0.05) is 36.6 Å². The number of halogens is 2. The topological polar surface area (TPSA) is 165 Å². The van der Waals surface area contributed by atoms with E-state index in [0.717, 1.165) is 5.69 Å². The van der Waals surface area contributed by atoms with Crippen molar-refractivity contribution in [1.82, 2.24) is 34.6 Å². The number of carbonyl (C=O) groups excluding carboxylic acids is 1. The number of pyridine rings is 1. The lowest BCUT2D eigenvalue weighted by molar-refractivity contribution is 0.0126. The molecule has 0 aliphatic carbocycles. The van der Waals surface area contributed by atoms with Gasteiger partial charge in [-0.25, -0.2) is 33.5 Å². The molecule has 4 N–H and O–H groups in total. The highest BCUT2D eigenvalue weighted by Gasteiger charge is 2.47. The standard InChI is InChI=1S/C22H20F2N8O4/c1-11-7-27-14-3-2-12(9-31(11)14)15-16(20-26-4-5-36-20)30-18(25)17(29-15)19(33)28-8-13-6-22(23,24)10-32(13)21(34)35/h2-5,7,9,13H,6,8,10H2,1H3,(H2,25,30)(H,28,33)(H,34,35)/t13-/m1/s1. The second-order valence-electron chi connectivity index (χ2n) is 8.37. The van der Waals surface area contributed by atoms with Gasteiger partial charge in [0.05, 0.1) is 18.8 Å². The van der Waals surface area contributed by atoms with Crippen molar-refractivity contribution in [3.05, 3.63) is 48.4 Å². The quantitative estimate of drug-likeness (QED) is 0.375. The summed E-state index contributed by atoms with van der Waals surface area (Å²) in [6.45, 7) is 0.591. The van der Waals surface area contributed by atoms with Crippen LogP contribution in [0.4, 0.5) is 19.4 Å². The minimum absolute atomic E-state index is 0.129. The number of nitrogens with one attached hydrogen (secondary N) is 1. The maximum absolute atomic E-state index is 13.8. The molecule has 0 aromatic carbocycles. The van der Waals surface area contributed by atoms with Crippen LogP contribution in [-0.4, -0.2) is 71.4 Å². The summed E-state index contributed by atoms with van der Waals surface area (Å²) >= 11 is 0. The lowest BCUT2D eigenvalue weighted by atomic mass is 10.1. The minimum Gasteiger partial charge on any atom is -0.465 e. The van der Waals surface area contributed by atoms with Gasteiger partial charge in [-0.05, 0) is 19.1 Å². The third kappa shape index (κ3) is 4.16. The third-order valence-corrected chi connectivity index (χ3v) is 5.86. The molecular formula is C22H20F2N8O4. The summed E-state index contributed by atoms with van der Waals surface area (Å²) < 4.78 is 34.7. The molecule has 0 radical (unpaired) electrons. The number of imidazole rings is 1. The first-order valence-corrected chi connectivity index (χ1v) is 10.8. The molecule has 36 heavy (non-hydrogen) atoms. The van der Waals surface area contributed by atoms with Crippen molar-refractivity contribution in [3.63, 3.8) is 0 Å². The molecule has 0 bridgehead atoms. The van der Waals surface area contributed by atoms with Crippen molar-refractivity contribution >= 4 is 23.5 Å². The van der Waals surface area contributed by atoms with Crippen LogP contribution in [0.15, 0.2) is 41.4 Å². The maximum Gasteiger partial charge on any atom is 0.407 e. The Balaban J connectivity index is 1.50. The Kier molecular flexibility index (Phi) is 5.50. The number of carboxylic acid groups (broad SMARTS) is 1. The number of hydrogen-bond donors (Lipinski definition) is 3. The van der Waals surface area contributed by atoms with Crippen LogP contribution in [0.1, 0.15) is 22.6 Å². The van der Waals surface area contributed by atoms with Gasteiger partial charge in [-0.15, -0.1) is 0 Å². The first kappa shape index (κ1) is 23.1. The van der Waals surface area contributed by atoms with E-state index in [1.54, 1.807) is 24.5 Å². The van der Waals surface area contributed by atoms with Crippen LogP contribution in [0.5, 0.6) is 0 Å². The largest absolute Gasteiger partial charge is 0.465 e. The van der Waals surface area contributed by atoms with Crippen LogP contribution in [0.3, 0.4) is 0 Å². The fourth-order valence-corrected chi connectivity index (χ4v) is 4.15. The van der Waals surface area contributed by atoms with Crippen molar-refractivity contribution in [2.24, 2.45) is 0 Å². The molecular weight excluding hydrogens is 478 g/mol. The van der Waals surface area contributed by atoms with E-state index in [4.69, 9.17) is 10.2 Å². The number of fused-ring (bicyclic) bond motifs is 1.